The summed E-state index contributed by atoms with van der Waals surface area (Å²) in [6.07, 6.45) is 5.08. The van der Waals surface area contributed by atoms with E-state index in [9.17, 15) is 0 Å². The van der Waals surface area contributed by atoms with Gasteiger partial charge in [-0.05, 0) is 51.7 Å². The van der Waals surface area contributed by atoms with E-state index in [4.69, 9.17) is 5.11 Å². The fourth-order valence-electron chi connectivity index (χ4n) is 2.49. The summed E-state index contributed by atoms with van der Waals surface area (Å²) in [5, 5.41) is 12.7. The van der Waals surface area contributed by atoms with Gasteiger partial charge in [0.25, 0.3) is 0 Å². The lowest BCUT2D eigenvalue weighted by molar-refractivity contribution is 0.207. The third kappa shape index (κ3) is 3.16. The molecular formula is C12H24N2O. The monoisotopic (exact) mass is 212 g/mol. The lowest BCUT2D eigenvalue weighted by atomic mass is 10.0. The molecule has 88 valence electrons. The van der Waals surface area contributed by atoms with Gasteiger partial charge in [0.05, 0.1) is 0 Å². The number of hydrogen-bond acceptors (Lipinski definition) is 3. The maximum Gasteiger partial charge on any atom is 0.0499 e. The molecule has 2 rings (SSSR count). The third-order valence-electron chi connectivity index (χ3n) is 4.01. The third-order valence-corrected chi connectivity index (χ3v) is 4.01. The van der Waals surface area contributed by atoms with Crippen LogP contribution >= 0.6 is 0 Å². The summed E-state index contributed by atoms with van der Waals surface area (Å²) in [4.78, 5) is 2.42. The molecule has 0 aromatic rings. The van der Waals surface area contributed by atoms with Crippen molar-refractivity contribution in [1.82, 2.24) is 10.2 Å². The predicted molar refractivity (Wildman–Crippen MR) is 61.8 cm³/mol. The zero-order chi connectivity index (χ0) is 10.7. The maximum atomic E-state index is 9.16. The van der Waals surface area contributed by atoms with Crippen molar-refractivity contribution in [2.75, 3.05) is 39.8 Å². The van der Waals surface area contributed by atoms with Crippen LogP contribution in [0.15, 0.2) is 0 Å². The van der Waals surface area contributed by atoms with E-state index in [2.05, 4.69) is 17.3 Å². The molecule has 0 aromatic carbocycles. The Morgan fingerprint density at radius 1 is 1.47 bits per heavy atom. The minimum Gasteiger partial charge on any atom is -0.396 e. The van der Waals surface area contributed by atoms with Gasteiger partial charge in [-0.25, -0.2) is 0 Å². The summed E-state index contributed by atoms with van der Waals surface area (Å²) in [6.45, 7) is 5.05. The van der Waals surface area contributed by atoms with E-state index < -0.39 is 0 Å². The SMILES string of the molecule is CN1CCC(CCNCC2(CO)CC2)C1. The molecule has 3 nitrogen and oxygen atoms in total. The van der Waals surface area contributed by atoms with Gasteiger partial charge in [0.1, 0.15) is 0 Å². The largest absolute Gasteiger partial charge is 0.396 e. The molecule has 1 saturated heterocycles. The highest BCUT2D eigenvalue weighted by molar-refractivity contribution is 4.94. The minimum atomic E-state index is 0.270. The number of hydrogen-bond donors (Lipinski definition) is 2. The van der Waals surface area contributed by atoms with Gasteiger partial charge in [-0.1, -0.05) is 0 Å². The van der Waals surface area contributed by atoms with Crippen LogP contribution in [-0.4, -0.2) is 49.8 Å². The van der Waals surface area contributed by atoms with Crippen molar-refractivity contribution >= 4 is 0 Å². The summed E-state index contributed by atoms with van der Waals surface area (Å²) < 4.78 is 0. The van der Waals surface area contributed by atoms with Gasteiger partial charge in [-0.15, -0.1) is 0 Å². The minimum absolute atomic E-state index is 0.270. The van der Waals surface area contributed by atoms with Crippen molar-refractivity contribution in [3.05, 3.63) is 0 Å². The van der Waals surface area contributed by atoms with E-state index in [0.29, 0.717) is 6.61 Å². The molecule has 0 radical (unpaired) electrons. The number of rotatable bonds is 6. The van der Waals surface area contributed by atoms with Gasteiger partial charge in [-0.3, -0.25) is 0 Å². The second-order valence-electron chi connectivity index (χ2n) is 5.54. The highest BCUT2D eigenvalue weighted by Gasteiger charge is 2.41. The van der Waals surface area contributed by atoms with Gasteiger partial charge < -0.3 is 15.3 Å². The average molecular weight is 212 g/mol. The van der Waals surface area contributed by atoms with Gasteiger partial charge in [0, 0.05) is 25.1 Å². The number of nitrogens with zero attached hydrogens (tertiary/aromatic N) is 1. The highest BCUT2D eigenvalue weighted by Crippen LogP contribution is 2.44. The predicted octanol–water partition coefficient (Wildman–Crippen LogP) is 0.690. The molecule has 1 heterocycles. The standard InChI is InChI=1S/C12H24N2O/c1-14-7-3-11(8-14)2-6-13-9-12(10-15)4-5-12/h11,13,15H,2-10H2,1H3. The Bertz CT molecular complexity index is 204. The van der Waals surface area contributed by atoms with E-state index in [0.717, 1.165) is 19.0 Å². The average Bonchev–Trinajstić information content (AvgIpc) is 2.91. The molecule has 15 heavy (non-hydrogen) atoms. The highest BCUT2D eigenvalue weighted by atomic mass is 16.3. The molecule has 3 heteroatoms. The lowest BCUT2D eigenvalue weighted by Gasteiger charge is -2.14. The maximum absolute atomic E-state index is 9.16. The summed E-state index contributed by atoms with van der Waals surface area (Å²) in [5.74, 6) is 0.895. The first kappa shape index (κ1) is 11.4. The van der Waals surface area contributed by atoms with E-state index >= 15 is 0 Å². The number of nitrogens with one attached hydrogen (secondary N) is 1. The lowest BCUT2D eigenvalue weighted by Crippen LogP contribution is -2.28. The summed E-state index contributed by atoms with van der Waals surface area (Å²) in [7, 11) is 2.21. The number of aliphatic hydroxyl groups is 1. The van der Waals surface area contributed by atoms with Crippen molar-refractivity contribution in [2.24, 2.45) is 11.3 Å². The van der Waals surface area contributed by atoms with Crippen LogP contribution in [0.25, 0.3) is 0 Å². The smallest absolute Gasteiger partial charge is 0.0499 e. The first-order chi connectivity index (χ1) is 7.24. The quantitative estimate of drug-likeness (QED) is 0.636. The van der Waals surface area contributed by atoms with E-state index in [1.165, 1.54) is 38.8 Å². The van der Waals surface area contributed by atoms with Gasteiger partial charge >= 0.3 is 0 Å². The van der Waals surface area contributed by atoms with E-state index in [-0.39, 0.29) is 5.41 Å². The number of aliphatic hydroxyl groups excluding tert-OH is 1. The van der Waals surface area contributed by atoms with Crippen LogP contribution < -0.4 is 5.32 Å². The first-order valence-corrected chi connectivity index (χ1v) is 6.24. The Kier molecular flexibility index (Phi) is 3.65. The Balaban J connectivity index is 1.52. The van der Waals surface area contributed by atoms with Gasteiger partial charge in [0.15, 0.2) is 0 Å². The molecule has 0 bridgehead atoms. The van der Waals surface area contributed by atoms with Crippen LogP contribution in [0.2, 0.25) is 0 Å². The molecule has 2 fully saturated rings. The van der Waals surface area contributed by atoms with E-state index in [1.54, 1.807) is 0 Å². The van der Waals surface area contributed by atoms with Gasteiger partial charge in [0.2, 0.25) is 0 Å². The molecule has 1 atom stereocenters. The van der Waals surface area contributed by atoms with Crippen molar-refractivity contribution in [3.8, 4) is 0 Å². The zero-order valence-corrected chi connectivity index (χ0v) is 9.84. The van der Waals surface area contributed by atoms with Crippen LogP contribution in [0, 0.1) is 11.3 Å². The molecule has 0 spiro atoms. The first-order valence-electron chi connectivity index (χ1n) is 6.24. The fraction of sp³-hybridized carbons (Fsp3) is 1.00. The summed E-state index contributed by atoms with van der Waals surface area (Å²) >= 11 is 0. The zero-order valence-electron chi connectivity index (χ0n) is 9.84. The molecule has 1 saturated carbocycles. The Hall–Kier alpha value is -0.120. The van der Waals surface area contributed by atoms with Crippen LogP contribution in [0.1, 0.15) is 25.7 Å². The Labute approximate surface area is 92.8 Å². The van der Waals surface area contributed by atoms with Crippen molar-refractivity contribution in [2.45, 2.75) is 25.7 Å². The molecule has 2 aliphatic rings. The second-order valence-corrected chi connectivity index (χ2v) is 5.54. The van der Waals surface area contributed by atoms with Crippen LogP contribution in [0.4, 0.5) is 0 Å². The van der Waals surface area contributed by atoms with Crippen LogP contribution in [0.5, 0.6) is 0 Å². The number of likely N-dealkylation sites (tertiary alicyclic amines) is 1. The molecule has 1 aliphatic carbocycles. The molecule has 0 aromatic heterocycles. The van der Waals surface area contributed by atoms with E-state index in [1.807, 2.05) is 0 Å². The normalized spacial score (nSPS) is 29.6. The summed E-state index contributed by atoms with van der Waals surface area (Å²) in [6, 6.07) is 0. The van der Waals surface area contributed by atoms with Crippen molar-refractivity contribution in [1.29, 1.82) is 0 Å². The van der Waals surface area contributed by atoms with Crippen LogP contribution in [-0.2, 0) is 0 Å². The van der Waals surface area contributed by atoms with Crippen molar-refractivity contribution < 1.29 is 5.11 Å². The molecular weight excluding hydrogens is 188 g/mol. The topological polar surface area (TPSA) is 35.5 Å². The fourth-order valence-corrected chi connectivity index (χ4v) is 2.49. The molecule has 1 unspecified atom stereocenters. The van der Waals surface area contributed by atoms with Crippen molar-refractivity contribution in [3.63, 3.8) is 0 Å². The molecule has 2 N–H and O–H groups in total. The summed E-state index contributed by atoms with van der Waals surface area (Å²) in [5.41, 5.74) is 0.270. The molecule has 0 amide bonds. The molecule has 1 aliphatic heterocycles. The van der Waals surface area contributed by atoms with Gasteiger partial charge in [-0.2, -0.15) is 0 Å². The second kappa shape index (κ2) is 4.81. The van der Waals surface area contributed by atoms with Crippen LogP contribution in [0.3, 0.4) is 0 Å². The Morgan fingerprint density at radius 2 is 2.27 bits per heavy atom. The Morgan fingerprint density at radius 3 is 2.80 bits per heavy atom.